The summed E-state index contributed by atoms with van der Waals surface area (Å²) in [6, 6.07) is -1.13. The van der Waals surface area contributed by atoms with Gasteiger partial charge in [-0.1, -0.05) is 0 Å². The summed E-state index contributed by atoms with van der Waals surface area (Å²) in [5.74, 6) is -1.80. The van der Waals surface area contributed by atoms with Crippen molar-refractivity contribution in [2.24, 2.45) is 5.73 Å². The molecule has 0 spiro atoms. The van der Waals surface area contributed by atoms with Crippen LogP contribution in [0.1, 0.15) is 6.42 Å². The van der Waals surface area contributed by atoms with Crippen molar-refractivity contribution in [3.8, 4) is 0 Å². The molecule has 0 aromatic heterocycles. The molecule has 0 aliphatic heterocycles. The predicted molar refractivity (Wildman–Crippen MR) is 56.1 cm³/mol. The lowest BCUT2D eigenvalue weighted by atomic mass is 10.2. The number of amides is 1. The van der Waals surface area contributed by atoms with Crippen molar-refractivity contribution in [1.29, 1.82) is 0 Å². The van der Waals surface area contributed by atoms with Crippen LogP contribution in [0.25, 0.3) is 0 Å². The molecule has 1 unspecified atom stereocenters. The molecule has 9 heteroatoms. The van der Waals surface area contributed by atoms with Gasteiger partial charge >= 0.3 is 5.97 Å². The van der Waals surface area contributed by atoms with Gasteiger partial charge in [0.05, 0.1) is 18.7 Å². The molecule has 0 aromatic rings. The lowest BCUT2D eigenvalue weighted by molar-refractivity contribution is -0.139. The molecule has 0 radical (unpaired) electrons. The fraction of sp³-hybridized carbons (Fsp3) is 0.714. The van der Waals surface area contributed by atoms with Gasteiger partial charge in [-0.05, 0) is 0 Å². The Hall–Kier alpha value is -1.19. The smallest absolute Gasteiger partial charge is 0.305 e. The van der Waals surface area contributed by atoms with Gasteiger partial charge in [-0.2, -0.15) is 0 Å². The first kappa shape index (κ1) is 14.8. The summed E-state index contributed by atoms with van der Waals surface area (Å²) in [4.78, 5) is 21.4. The standard InChI is InChI=1S/C7H15N3O5S/c1-16(14,15)10-3-2-9-7(13)5(8)4-6(11)12/h5,10H,2-4,8H2,1H3,(H,9,13)(H,11,12). The highest BCUT2D eigenvalue weighted by Crippen LogP contribution is 1.87. The average molecular weight is 253 g/mol. The van der Waals surface area contributed by atoms with Crippen molar-refractivity contribution in [3.05, 3.63) is 0 Å². The third-order valence-corrected chi connectivity index (χ3v) is 2.25. The quantitative estimate of drug-likeness (QED) is 0.368. The molecule has 0 bridgehead atoms. The highest BCUT2D eigenvalue weighted by molar-refractivity contribution is 7.88. The van der Waals surface area contributed by atoms with Gasteiger partial charge in [0, 0.05) is 13.1 Å². The van der Waals surface area contributed by atoms with E-state index in [0.717, 1.165) is 6.26 Å². The minimum Gasteiger partial charge on any atom is -0.481 e. The van der Waals surface area contributed by atoms with Crippen LogP contribution in [0.4, 0.5) is 0 Å². The molecule has 1 atom stereocenters. The number of hydrogen-bond acceptors (Lipinski definition) is 5. The zero-order valence-corrected chi connectivity index (χ0v) is 9.58. The molecular formula is C7H15N3O5S. The SMILES string of the molecule is CS(=O)(=O)NCCNC(=O)C(N)CC(=O)O. The van der Waals surface area contributed by atoms with E-state index < -0.39 is 34.4 Å². The first-order valence-corrected chi connectivity index (χ1v) is 6.31. The van der Waals surface area contributed by atoms with E-state index in [-0.39, 0.29) is 13.1 Å². The molecule has 5 N–H and O–H groups in total. The summed E-state index contributed by atoms with van der Waals surface area (Å²) in [5.41, 5.74) is 5.25. The Morgan fingerprint density at radius 2 is 1.94 bits per heavy atom. The lowest BCUT2D eigenvalue weighted by Crippen LogP contribution is -2.44. The highest BCUT2D eigenvalue weighted by atomic mass is 32.2. The van der Waals surface area contributed by atoms with Crippen molar-refractivity contribution >= 4 is 21.9 Å². The maximum absolute atomic E-state index is 11.1. The Labute approximate surface area is 93.2 Å². The van der Waals surface area contributed by atoms with Crippen molar-refractivity contribution in [3.63, 3.8) is 0 Å². The Kier molecular flexibility index (Phi) is 5.93. The molecule has 0 aliphatic rings. The summed E-state index contributed by atoms with van der Waals surface area (Å²) >= 11 is 0. The zero-order valence-electron chi connectivity index (χ0n) is 8.76. The summed E-state index contributed by atoms with van der Waals surface area (Å²) in [6.07, 6.45) is 0.524. The molecule has 94 valence electrons. The lowest BCUT2D eigenvalue weighted by Gasteiger charge is -2.09. The van der Waals surface area contributed by atoms with Gasteiger partial charge in [0.25, 0.3) is 0 Å². The minimum atomic E-state index is -3.29. The van der Waals surface area contributed by atoms with Crippen LogP contribution in [-0.4, -0.2) is 50.8 Å². The van der Waals surface area contributed by atoms with E-state index >= 15 is 0 Å². The van der Waals surface area contributed by atoms with E-state index in [0.29, 0.717) is 0 Å². The second-order valence-corrected chi connectivity index (χ2v) is 4.99. The average Bonchev–Trinajstić information content (AvgIpc) is 2.09. The number of rotatable bonds is 7. The topological polar surface area (TPSA) is 139 Å². The van der Waals surface area contributed by atoms with Crippen LogP contribution < -0.4 is 15.8 Å². The number of carboxylic acids is 1. The van der Waals surface area contributed by atoms with Crippen LogP contribution in [-0.2, 0) is 19.6 Å². The number of carboxylic acid groups (broad SMARTS) is 1. The number of sulfonamides is 1. The van der Waals surface area contributed by atoms with E-state index in [9.17, 15) is 18.0 Å². The summed E-state index contributed by atoms with van der Waals surface area (Å²) in [6.45, 7) is 0.0869. The van der Waals surface area contributed by atoms with Gasteiger partial charge in [0.2, 0.25) is 15.9 Å². The largest absolute Gasteiger partial charge is 0.481 e. The molecule has 0 heterocycles. The Balaban J connectivity index is 3.77. The van der Waals surface area contributed by atoms with Crippen molar-refractivity contribution in [1.82, 2.24) is 10.0 Å². The zero-order chi connectivity index (χ0) is 12.8. The van der Waals surface area contributed by atoms with Crippen LogP contribution >= 0.6 is 0 Å². The van der Waals surface area contributed by atoms with Gasteiger partial charge in [-0.15, -0.1) is 0 Å². The van der Waals surface area contributed by atoms with Gasteiger partial charge in [-0.25, -0.2) is 13.1 Å². The monoisotopic (exact) mass is 253 g/mol. The van der Waals surface area contributed by atoms with E-state index in [2.05, 4.69) is 10.0 Å². The Morgan fingerprint density at radius 3 is 2.38 bits per heavy atom. The van der Waals surface area contributed by atoms with Crippen LogP contribution in [0.2, 0.25) is 0 Å². The van der Waals surface area contributed by atoms with Gasteiger partial charge < -0.3 is 16.2 Å². The minimum absolute atomic E-state index is 0.0321. The van der Waals surface area contributed by atoms with Gasteiger partial charge in [0.15, 0.2) is 0 Å². The molecular weight excluding hydrogens is 238 g/mol. The number of hydrogen-bond donors (Lipinski definition) is 4. The van der Waals surface area contributed by atoms with Crippen molar-refractivity contribution in [2.75, 3.05) is 19.3 Å². The molecule has 0 fully saturated rings. The van der Waals surface area contributed by atoms with Crippen LogP contribution in [0.15, 0.2) is 0 Å². The highest BCUT2D eigenvalue weighted by Gasteiger charge is 2.16. The van der Waals surface area contributed by atoms with E-state index in [1.165, 1.54) is 0 Å². The molecule has 0 aromatic carbocycles. The fourth-order valence-corrected chi connectivity index (χ4v) is 1.31. The van der Waals surface area contributed by atoms with E-state index in [4.69, 9.17) is 10.8 Å². The summed E-state index contributed by atoms with van der Waals surface area (Å²) in [7, 11) is -3.29. The maximum atomic E-state index is 11.1. The number of nitrogens with one attached hydrogen (secondary N) is 2. The third kappa shape index (κ3) is 8.15. The molecule has 1 amide bonds. The second-order valence-electron chi connectivity index (χ2n) is 3.16. The molecule has 0 aliphatic carbocycles. The summed E-state index contributed by atoms with van der Waals surface area (Å²) in [5, 5.41) is 10.7. The molecule has 16 heavy (non-hydrogen) atoms. The molecule has 0 saturated carbocycles. The van der Waals surface area contributed by atoms with Crippen LogP contribution in [0.3, 0.4) is 0 Å². The molecule has 8 nitrogen and oxygen atoms in total. The van der Waals surface area contributed by atoms with Crippen LogP contribution in [0, 0.1) is 0 Å². The number of aliphatic carboxylic acids is 1. The first-order chi connectivity index (χ1) is 7.22. The molecule has 0 saturated heterocycles. The van der Waals surface area contributed by atoms with Gasteiger partial charge in [-0.3, -0.25) is 9.59 Å². The van der Waals surface area contributed by atoms with Crippen molar-refractivity contribution < 1.29 is 23.1 Å². The third-order valence-electron chi connectivity index (χ3n) is 1.52. The normalized spacial score (nSPS) is 13.1. The Bertz CT molecular complexity index is 353. The molecule has 0 rings (SSSR count). The second kappa shape index (κ2) is 6.40. The van der Waals surface area contributed by atoms with Crippen molar-refractivity contribution in [2.45, 2.75) is 12.5 Å². The first-order valence-electron chi connectivity index (χ1n) is 4.42. The number of carbonyl (C=O) groups excluding carboxylic acids is 1. The van der Waals surface area contributed by atoms with E-state index in [1.54, 1.807) is 0 Å². The maximum Gasteiger partial charge on any atom is 0.305 e. The van der Waals surface area contributed by atoms with E-state index in [1.807, 2.05) is 0 Å². The van der Waals surface area contributed by atoms with Crippen LogP contribution in [0.5, 0.6) is 0 Å². The number of carbonyl (C=O) groups is 2. The summed E-state index contributed by atoms with van der Waals surface area (Å²) < 4.78 is 23.4. The Morgan fingerprint density at radius 1 is 1.38 bits per heavy atom. The number of nitrogens with two attached hydrogens (primary N) is 1. The predicted octanol–water partition coefficient (Wildman–Crippen LogP) is -2.55. The fourth-order valence-electron chi connectivity index (χ4n) is 0.834. The van der Waals surface area contributed by atoms with Gasteiger partial charge in [0.1, 0.15) is 0 Å².